The Labute approximate surface area is 124 Å². The van der Waals surface area contributed by atoms with Crippen molar-refractivity contribution >= 4 is 12.2 Å². The van der Waals surface area contributed by atoms with Crippen LogP contribution in [0.25, 0.3) is 0 Å². The maximum absolute atomic E-state index is 12.3. The smallest absolute Gasteiger partial charge is 0.429 e. The molecule has 2 aliphatic rings. The van der Waals surface area contributed by atoms with Crippen LogP contribution in [0.4, 0.5) is 9.59 Å². The number of rotatable bonds is 2. The van der Waals surface area contributed by atoms with Crippen LogP contribution in [-0.4, -0.2) is 47.5 Å². The van der Waals surface area contributed by atoms with E-state index in [0.717, 1.165) is 16.7 Å². The first kappa shape index (κ1) is 15.4. The molecule has 2 amide bonds. The molecule has 1 saturated heterocycles. The third-order valence-corrected chi connectivity index (χ3v) is 3.69. The van der Waals surface area contributed by atoms with Crippen LogP contribution in [0.3, 0.4) is 0 Å². The zero-order valence-electron chi connectivity index (χ0n) is 13.2. The van der Waals surface area contributed by atoms with Gasteiger partial charge < -0.3 is 9.47 Å². The number of carbonyl (C=O) groups excluding carboxylic acids is 2. The maximum atomic E-state index is 12.3. The zero-order valence-corrected chi connectivity index (χ0v) is 13.2. The van der Waals surface area contributed by atoms with E-state index in [0.29, 0.717) is 0 Å². The van der Waals surface area contributed by atoms with Gasteiger partial charge in [0.05, 0.1) is 19.3 Å². The molecule has 0 aromatic carbocycles. The number of allylic oxidation sites excluding steroid dienone is 1. The molecule has 2 unspecified atom stereocenters. The summed E-state index contributed by atoms with van der Waals surface area (Å²) in [6, 6.07) is -0.507. The standard InChI is InChI=1S/C15H22N2O4/c1-6-20-14(18)16-11-8-10(5)13(12(11)9(3)4)17(16)15(19)21-7-2/h8,11,13H,6-7H2,1-5H3. The van der Waals surface area contributed by atoms with Crippen molar-refractivity contribution in [3.63, 3.8) is 0 Å². The van der Waals surface area contributed by atoms with E-state index in [1.165, 1.54) is 10.0 Å². The Bertz CT molecular complexity index is 520. The van der Waals surface area contributed by atoms with Gasteiger partial charge in [-0.1, -0.05) is 11.6 Å². The van der Waals surface area contributed by atoms with Crippen molar-refractivity contribution in [3.8, 4) is 0 Å². The molecule has 0 N–H and O–H groups in total. The highest BCUT2D eigenvalue weighted by molar-refractivity contribution is 5.79. The van der Waals surface area contributed by atoms with Crippen LogP contribution < -0.4 is 0 Å². The molecule has 0 aromatic rings. The fraction of sp³-hybridized carbons (Fsp3) is 0.600. The van der Waals surface area contributed by atoms with Crippen LogP contribution in [0.5, 0.6) is 0 Å². The third kappa shape index (κ3) is 2.39. The molecular weight excluding hydrogens is 272 g/mol. The number of amides is 2. The Morgan fingerprint density at radius 2 is 1.62 bits per heavy atom. The Balaban J connectivity index is 2.44. The molecule has 1 aliphatic heterocycles. The van der Waals surface area contributed by atoms with Gasteiger partial charge in [0.1, 0.15) is 6.04 Å². The topological polar surface area (TPSA) is 59.1 Å². The molecule has 2 bridgehead atoms. The van der Waals surface area contributed by atoms with E-state index >= 15 is 0 Å². The van der Waals surface area contributed by atoms with Crippen molar-refractivity contribution < 1.29 is 19.1 Å². The summed E-state index contributed by atoms with van der Waals surface area (Å²) in [5.74, 6) is 0. The van der Waals surface area contributed by atoms with Gasteiger partial charge >= 0.3 is 12.2 Å². The highest BCUT2D eigenvalue weighted by Crippen LogP contribution is 2.43. The predicted molar refractivity (Wildman–Crippen MR) is 77.4 cm³/mol. The first-order valence-electron chi connectivity index (χ1n) is 7.21. The minimum atomic E-state index is -0.527. The molecule has 2 atom stereocenters. The molecule has 0 spiro atoms. The average Bonchev–Trinajstić information content (AvgIpc) is 2.90. The molecule has 0 saturated carbocycles. The van der Waals surface area contributed by atoms with Crippen molar-refractivity contribution in [1.82, 2.24) is 10.0 Å². The Kier molecular flexibility index (Phi) is 4.25. The number of hydrazine groups is 1. The summed E-state index contributed by atoms with van der Waals surface area (Å²) in [4.78, 5) is 24.5. The molecule has 1 heterocycles. The van der Waals surface area contributed by atoms with Crippen molar-refractivity contribution in [1.29, 1.82) is 0 Å². The lowest BCUT2D eigenvalue weighted by atomic mass is 10.0. The second-order valence-corrected chi connectivity index (χ2v) is 5.30. The summed E-state index contributed by atoms with van der Waals surface area (Å²) >= 11 is 0. The number of ether oxygens (including phenoxy) is 2. The summed E-state index contributed by atoms with van der Waals surface area (Å²) < 4.78 is 10.2. The van der Waals surface area contributed by atoms with Crippen molar-refractivity contribution in [2.45, 2.75) is 46.7 Å². The minimum absolute atomic E-state index is 0.247. The number of carbonyl (C=O) groups is 2. The Morgan fingerprint density at radius 1 is 1.10 bits per heavy atom. The number of hydrogen-bond acceptors (Lipinski definition) is 4. The molecule has 2 rings (SSSR count). The maximum Gasteiger partial charge on any atom is 0.429 e. The third-order valence-electron chi connectivity index (χ3n) is 3.69. The lowest BCUT2D eigenvalue weighted by Gasteiger charge is -2.34. The molecule has 116 valence electrons. The predicted octanol–water partition coefficient (Wildman–Crippen LogP) is 2.87. The molecule has 1 aliphatic carbocycles. The molecule has 1 fully saturated rings. The lowest BCUT2D eigenvalue weighted by molar-refractivity contribution is -0.0150. The fourth-order valence-corrected chi connectivity index (χ4v) is 2.97. The summed E-state index contributed by atoms with van der Waals surface area (Å²) in [5.41, 5.74) is 3.19. The Hall–Kier alpha value is -1.98. The van der Waals surface area contributed by atoms with Crippen LogP contribution in [0, 0.1) is 0 Å². The first-order chi connectivity index (χ1) is 9.93. The minimum Gasteiger partial charge on any atom is -0.448 e. The van der Waals surface area contributed by atoms with Crippen LogP contribution in [0.15, 0.2) is 22.8 Å². The zero-order chi connectivity index (χ0) is 15.7. The van der Waals surface area contributed by atoms with E-state index in [1.54, 1.807) is 13.8 Å². The van der Waals surface area contributed by atoms with E-state index < -0.39 is 12.2 Å². The molecular formula is C15H22N2O4. The van der Waals surface area contributed by atoms with E-state index in [9.17, 15) is 9.59 Å². The van der Waals surface area contributed by atoms with Gasteiger partial charge in [0.2, 0.25) is 0 Å². The van der Waals surface area contributed by atoms with Gasteiger partial charge in [-0.2, -0.15) is 0 Å². The van der Waals surface area contributed by atoms with Gasteiger partial charge in [-0.15, -0.1) is 0 Å². The van der Waals surface area contributed by atoms with Gasteiger partial charge in [0, 0.05) is 0 Å². The highest BCUT2D eigenvalue weighted by Gasteiger charge is 2.54. The number of fused-ring (bicyclic) bond motifs is 2. The highest BCUT2D eigenvalue weighted by atomic mass is 16.6. The molecule has 6 nitrogen and oxygen atoms in total. The second-order valence-electron chi connectivity index (χ2n) is 5.30. The van der Waals surface area contributed by atoms with Crippen LogP contribution in [0.1, 0.15) is 34.6 Å². The number of nitrogens with zero attached hydrogens (tertiary/aromatic N) is 2. The lowest BCUT2D eigenvalue weighted by Crippen LogP contribution is -2.52. The van der Waals surface area contributed by atoms with E-state index in [4.69, 9.17) is 9.47 Å². The largest absolute Gasteiger partial charge is 0.448 e. The van der Waals surface area contributed by atoms with Gasteiger partial charge in [0.25, 0.3) is 0 Å². The molecule has 21 heavy (non-hydrogen) atoms. The van der Waals surface area contributed by atoms with Crippen molar-refractivity contribution in [3.05, 3.63) is 22.8 Å². The molecule has 0 aromatic heterocycles. The van der Waals surface area contributed by atoms with Crippen LogP contribution in [0.2, 0.25) is 0 Å². The van der Waals surface area contributed by atoms with Gasteiger partial charge in [-0.25, -0.2) is 19.6 Å². The Morgan fingerprint density at radius 3 is 2.10 bits per heavy atom. The van der Waals surface area contributed by atoms with Crippen molar-refractivity contribution in [2.24, 2.45) is 0 Å². The van der Waals surface area contributed by atoms with Gasteiger partial charge in [-0.05, 0) is 45.8 Å². The molecule has 0 radical (unpaired) electrons. The first-order valence-corrected chi connectivity index (χ1v) is 7.21. The van der Waals surface area contributed by atoms with Crippen LogP contribution in [-0.2, 0) is 9.47 Å². The van der Waals surface area contributed by atoms with E-state index in [-0.39, 0.29) is 25.3 Å². The average molecular weight is 294 g/mol. The second kappa shape index (κ2) is 5.79. The quantitative estimate of drug-likeness (QED) is 0.735. The normalized spacial score (nSPS) is 23.3. The summed E-state index contributed by atoms with van der Waals surface area (Å²) in [6.07, 6.45) is 0.949. The fourth-order valence-electron chi connectivity index (χ4n) is 2.97. The van der Waals surface area contributed by atoms with E-state index in [1.807, 2.05) is 26.8 Å². The monoisotopic (exact) mass is 294 g/mol. The number of hydrogen-bond donors (Lipinski definition) is 0. The van der Waals surface area contributed by atoms with Gasteiger partial charge in [0.15, 0.2) is 0 Å². The summed E-state index contributed by atoms with van der Waals surface area (Å²) in [6.45, 7) is 9.93. The van der Waals surface area contributed by atoms with Crippen LogP contribution >= 0.6 is 0 Å². The summed E-state index contributed by atoms with van der Waals surface area (Å²) in [5, 5.41) is 2.74. The molecule has 6 heteroatoms. The SMILES string of the molecule is CCOC(=O)N1C2C=C(C)C(C2=C(C)C)N1C(=O)OCC. The van der Waals surface area contributed by atoms with Crippen molar-refractivity contribution in [2.75, 3.05) is 13.2 Å². The summed E-state index contributed by atoms with van der Waals surface area (Å²) in [7, 11) is 0. The van der Waals surface area contributed by atoms with E-state index in [2.05, 4.69) is 0 Å². The van der Waals surface area contributed by atoms with Gasteiger partial charge in [-0.3, -0.25) is 0 Å².